The minimum absolute atomic E-state index is 0.0813. The molecule has 0 radical (unpaired) electrons. The molecule has 760 valence electrons. The fourth-order valence-electron chi connectivity index (χ4n) is 23.5. The van der Waals surface area contributed by atoms with Gasteiger partial charge in [-0.15, -0.1) is 0 Å². The minimum Gasteiger partial charge on any atom is -0.0654 e. The van der Waals surface area contributed by atoms with Crippen molar-refractivity contribution in [2.75, 3.05) is 0 Å². The number of unbranched alkanes of at least 4 members (excludes halogenated alkanes) is 60. The highest BCUT2D eigenvalue weighted by molar-refractivity contribution is 7.80. The predicted molar refractivity (Wildman–Crippen MR) is 625 cm³/mol. The van der Waals surface area contributed by atoms with Crippen LogP contribution in [0.25, 0.3) is 0 Å². The van der Waals surface area contributed by atoms with Crippen molar-refractivity contribution in [3.63, 3.8) is 0 Å². The Hall–Kier alpha value is -1.65. The SMILES string of the molecule is CCCCCCCC[Si](CCCCCCCC)(CCCCCCCC)c1ccc(P(/C=C(\P(c2ccc([Si](CCCCCCCC)(CCCCCCCC)CCCCCCCC)cc2)c2ccc([Si](CCCCCCCC)(CCCCCCCC)CCCCCCCC)cc2)C(C)(C)C)c2ccc([Si](CCCCCCCC)(CCCCCCCC)CCCCCCCC)cc2)cc1. The van der Waals surface area contributed by atoms with Gasteiger partial charge in [-0.2, -0.15) is 0 Å². The fourth-order valence-corrected chi connectivity index (χ4v) is 49.9. The van der Waals surface area contributed by atoms with Gasteiger partial charge >= 0.3 is 0 Å². The summed E-state index contributed by atoms with van der Waals surface area (Å²) in [5.41, 5.74) is -0.0813. The second-order valence-electron chi connectivity index (χ2n) is 45.0. The van der Waals surface area contributed by atoms with Crippen LogP contribution >= 0.6 is 15.8 Å². The summed E-state index contributed by atoms with van der Waals surface area (Å²) in [5.74, 6) is 3.09. The van der Waals surface area contributed by atoms with Gasteiger partial charge in [0, 0.05) is 0 Å². The van der Waals surface area contributed by atoms with E-state index in [0.29, 0.717) is 0 Å². The van der Waals surface area contributed by atoms with E-state index >= 15 is 0 Å². The molecule has 0 nitrogen and oxygen atoms in total. The van der Waals surface area contributed by atoms with Gasteiger partial charge in [0.1, 0.15) is 0 Å². The molecule has 0 N–H and O–H groups in total. The number of hydrogen-bond acceptors (Lipinski definition) is 0. The van der Waals surface area contributed by atoms with Crippen molar-refractivity contribution in [2.24, 2.45) is 5.41 Å². The molecule has 0 amide bonds. The van der Waals surface area contributed by atoms with Gasteiger partial charge < -0.3 is 0 Å². The van der Waals surface area contributed by atoms with Gasteiger partial charge in [-0.1, -0.05) is 756 Å². The monoisotopic (exact) mass is 1920 g/mol. The average molecular weight is 1920 g/mol. The van der Waals surface area contributed by atoms with E-state index in [2.05, 4.69) is 207 Å². The van der Waals surface area contributed by atoms with Crippen LogP contribution in [-0.2, 0) is 0 Å². The Bertz CT molecular complexity index is 2850. The third-order valence-electron chi connectivity index (χ3n) is 32.4. The van der Waals surface area contributed by atoms with Crippen LogP contribution in [0.1, 0.15) is 566 Å². The van der Waals surface area contributed by atoms with E-state index in [1.807, 2.05) is 20.7 Å². The Balaban J connectivity index is 2.34. The Morgan fingerprint density at radius 3 is 0.424 bits per heavy atom. The topological polar surface area (TPSA) is 0 Å². The largest absolute Gasteiger partial charge is 0.0867 e. The van der Waals surface area contributed by atoms with Crippen LogP contribution in [-0.4, -0.2) is 32.3 Å². The van der Waals surface area contributed by atoms with Crippen molar-refractivity contribution in [2.45, 2.75) is 639 Å². The molecule has 0 aliphatic carbocycles. The first-order valence-electron chi connectivity index (χ1n) is 60.4. The molecule has 0 fully saturated rings. The molecule has 0 bridgehead atoms. The molecular weight excluding hydrogens is 1690 g/mol. The summed E-state index contributed by atoms with van der Waals surface area (Å²) >= 11 is 0. The summed E-state index contributed by atoms with van der Waals surface area (Å²) in [7, 11) is -9.44. The maximum absolute atomic E-state index is 3.09. The number of benzene rings is 4. The second kappa shape index (κ2) is 80.8. The van der Waals surface area contributed by atoms with Crippen LogP contribution in [0.5, 0.6) is 0 Å². The Labute approximate surface area is 836 Å². The highest BCUT2D eigenvalue weighted by Crippen LogP contribution is 2.56. The van der Waals surface area contributed by atoms with E-state index in [4.69, 9.17) is 0 Å². The van der Waals surface area contributed by atoms with Crippen LogP contribution in [0, 0.1) is 5.41 Å². The molecule has 132 heavy (non-hydrogen) atoms. The Kier molecular flexibility index (Phi) is 75.1. The molecule has 6 heteroatoms. The molecule has 4 rings (SSSR count). The third kappa shape index (κ3) is 51.9. The Morgan fingerprint density at radius 1 is 0.174 bits per heavy atom. The van der Waals surface area contributed by atoms with Crippen LogP contribution < -0.4 is 42.0 Å². The summed E-state index contributed by atoms with van der Waals surface area (Å²) in [5, 5.41) is 15.6. The predicted octanol–water partition coefficient (Wildman–Crippen LogP) is 42.1. The van der Waals surface area contributed by atoms with Gasteiger partial charge in [0.05, 0.1) is 32.3 Å². The zero-order valence-electron chi connectivity index (χ0n) is 92.1. The first-order chi connectivity index (χ1) is 64.7. The molecule has 0 aliphatic rings. The van der Waals surface area contributed by atoms with Crippen molar-refractivity contribution >= 4 is 90.1 Å². The smallest absolute Gasteiger partial charge is 0.0654 e. The standard InChI is InChI=1S/C126H230P2Si4/c1-16-28-40-52-64-76-104-129(105-77-65-53-41-29-17-2,106-78-66-54-42-30-18-3)121-96-88-117(89-97-121)127(118-90-98-122(99-91-118)130(107-79-67-55-43-31-19-4,108-80-68-56-44-32-20-5)109-81-69-57-45-33-21-6)116-125(126(13,14)15)128(119-92-100-123(101-93-119)131(110-82-70-58-46-34-22-7,111-83-71-59-47-35-23-8)112-84-72-60-48-36-24-9)120-94-102-124(103-95-120)132(113-85-73-61-49-37-25-10,114-86-74-62-50-38-26-11)115-87-75-63-51-39-27-12/h88-103,116H,16-87,104-115H2,1-15H3/b125-116-. The lowest BCUT2D eigenvalue weighted by atomic mass is 9.97. The lowest BCUT2D eigenvalue weighted by molar-refractivity contribution is 0.533. The lowest BCUT2D eigenvalue weighted by Gasteiger charge is -2.36. The average Bonchev–Trinajstić information content (AvgIpc) is 0.764. The van der Waals surface area contributed by atoms with E-state index in [1.54, 1.807) is 26.5 Å². The maximum atomic E-state index is 3.09. The summed E-state index contributed by atoms with van der Waals surface area (Å²) in [4.78, 5) is 0. The first-order valence-corrected chi connectivity index (χ1v) is 73.7. The van der Waals surface area contributed by atoms with E-state index in [0.717, 1.165) is 0 Å². The van der Waals surface area contributed by atoms with Gasteiger partial charge in [0.25, 0.3) is 0 Å². The summed E-state index contributed by atoms with van der Waals surface area (Å²) in [6.07, 6.45) is 101. The van der Waals surface area contributed by atoms with Gasteiger partial charge in [-0.3, -0.25) is 0 Å². The molecule has 0 aromatic heterocycles. The highest BCUT2D eigenvalue weighted by atomic mass is 31.1. The minimum atomic E-state index is -1.90. The summed E-state index contributed by atoms with van der Waals surface area (Å²) < 4.78 is 0. The molecule has 0 heterocycles. The van der Waals surface area contributed by atoms with Crippen LogP contribution in [0.15, 0.2) is 108 Å². The Morgan fingerprint density at radius 2 is 0.295 bits per heavy atom. The zero-order chi connectivity index (χ0) is 95.3. The normalized spacial score (nSPS) is 12.7. The van der Waals surface area contributed by atoms with Gasteiger partial charge in [0.2, 0.25) is 0 Å². The number of hydrogen-bond donors (Lipinski definition) is 0. The van der Waals surface area contributed by atoms with Crippen LogP contribution in [0.3, 0.4) is 0 Å². The van der Waals surface area contributed by atoms with Gasteiger partial charge in [0.15, 0.2) is 0 Å². The maximum Gasteiger partial charge on any atom is 0.0867 e. The molecule has 0 saturated heterocycles. The zero-order valence-corrected chi connectivity index (χ0v) is 97.9. The van der Waals surface area contributed by atoms with Crippen molar-refractivity contribution in [3.05, 3.63) is 108 Å². The quantitative estimate of drug-likeness (QED) is 0.0235. The van der Waals surface area contributed by atoms with Crippen molar-refractivity contribution in [1.82, 2.24) is 0 Å². The molecule has 0 saturated carbocycles. The molecular formula is C126H230P2Si4. The molecule has 4 aromatic carbocycles. The van der Waals surface area contributed by atoms with Gasteiger partial charge in [-0.25, -0.2) is 0 Å². The van der Waals surface area contributed by atoms with Crippen LogP contribution in [0.4, 0.5) is 0 Å². The lowest BCUT2D eigenvalue weighted by Crippen LogP contribution is -2.48. The molecule has 0 atom stereocenters. The van der Waals surface area contributed by atoms with Crippen molar-refractivity contribution in [1.29, 1.82) is 0 Å². The van der Waals surface area contributed by atoms with E-state index in [9.17, 15) is 0 Å². The van der Waals surface area contributed by atoms with Gasteiger partial charge in [-0.05, 0) is 53.6 Å². The molecule has 0 aliphatic heterocycles. The third-order valence-corrected chi connectivity index (χ3v) is 59.7. The second-order valence-corrected chi connectivity index (χ2v) is 67.8. The number of allylic oxidation sites excluding steroid dienone is 1. The molecule has 0 unspecified atom stereocenters. The van der Waals surface area contributed by atoms with Crippen LogP contribution in [0.2, 0.25) is 72.5 Å². The summed E-state index contributed by atoms with van der Waals surface area (Å²) in [6.45, 7) is 37.0. The fraction of sp³-hybridized carbons (Fsp3) is 0.794. The van der Waals surface area contributed by atoms with E-state index in [-0.39, 0.29) is 5.41 Å². The first kappa shape index (κ1) is 123. The summed E-state index contributed by atoms with van der Waals surface area (Å²) in [6, 6.07) is 63.7. The highest BCUT2D eigenvalue weighted by Gasteiger charge is 2.40. The molecule has 4 aromatic rings. The van der Waals surface area contributed by atoms with E-state index < -0.39 is 48.1 Å². The molecule has 0 spiro atoms. The van der Waals surface area contributed by atoms with Crippen molar-refractivity contribution in [3.8, 4) is 0 Å². The van der Waals surface area contributed by atoms with E-state index in [1.165, 1.54) is 535 Å². The van der Waals surface area contributed by atoms with Crippen molar-refractivity contribution < 1.29 is 0 Å². The number of rotatable bonds is 94.